The standard InChI is InChI=1S/C21H27BrF4O/c1-2-27-17-9-7-14(8-10-17)13-3-5-15(6-4-13)16-11-18(23)20(19(24)12-16)21(22,25)26/h11-15,17H,2-10H2,1H3. The van der Waals surface area contributed by atoms with Gasteiger partial charge in [-0.05, 0) is 110 Å². The highest BCUT2D eigenvalue weighted by atomic mass is 79.9. The smallest absolute Gasteiger partial charge is 0.332 e. The Morgan fingerprint density at radius 2 is 1.41 bits per heavy atom. The minimum atomic E-state index is -3.70. The van der Waals surface area contributed by atoms with E-state index in [1.807, 2.05) is 6.92 Å². The molecule has 2 saturated carbocycles. The fraction of sp³-hybridized carbons (Fsp3) is 0.714. The van der Waals surface area contributed by atoms with Crippen LogP contribution in [0.4, 0.5) is 17.6 Å². The lowest BCUT2D eigenvalue weighted by Gasteiger charge is -2.38. The van der Waals surface area contributed by atoms with Gasteiger partial charge in [-0.2, -0.15) is 8.78 Å². The van der Waals surface area contributed by atoms with Crippen LogP contribution in [-0.4, -0.2) is 12.7 Å². The van der Waals surface area contributed by atoms with Crippen molar-refractivity contribution in [2.75, 3.05) is 6.61 Å². The lowest BCUT2D eigenvalue weighted by molar-refractivity contribution is 0.0146. The minimum absolute atomic E-state index is 0.0445. The van der Waals surface area contributed by atoms with Gasteiger partial charge in [0.05, 0.1) is 6.10 Å². The highest BCUT2D eigenvalue weighted by molar-refractivity contribution is 9.09. The molecule has 0 aromatic heterocycles. The van der Waals surface area contributed by atoms with E-state index in [1.165, 1.54) is 12.8 Å². The fourth-order valence-electron chi connectivity index (χ4n) is 4.99. The summed E-state index contributed by atoms with van der Waals surface area (Å²) in [7, 11) is 0. The molecule has 1 aromatic rings. The van der Waals surface area contributed by atoms with Gasteiger partial charge in [0.15, 0.2) is 0 Å². The van der Waals surface area contributed by atoms with Crippen molar-refractivity contribution in [1.82, 2.24) is 0 Å². The molecule has 2 aliphatic carbocycles. The molecule has 1 aromatic carbocycles. The zero-order valence-electron chi connectivity index (χ0n) is 15.6. The molecule has 0 N–H and O–H groups in total. The van der Waals surface area contributed by atoms with E-state index in [4.69, 9.17) is 4.74 Å². The number of ether oxygens (including phenoxy) is 1. The molecule has 1 nitrogen and oxygen atoms in total. The molecule has 2 aliphatic rings. The summed E-state index contributed by atoms with van der Waals surface area (Å²) in [6.45, 7) is 2.80. The van der Waals surface area contributed by atoms with Crippen molar-refractivity contribution in [2.24, 2.45) is 11.8 Å². The van der Waals surface area contributed by atoms with Crippen molar-refractivity contribution in [1.29, 1.82) is 0 Å². The van der Waals surface area contributed by atoms with Crippen molar-refractivity contribution in [3.05, 3.63) is 34.9 Å². The average Bonchev–Trinajstić information content (AvgIpc) is 2.61. The van der Waals surface area contributed by atoms with Crippen LogP contribution in [0.15, 0.2) is 12.1 Å². The molecule has 6 heteroatoms. The largest absolute Gasteiger partial charge is 0.379 e. The normalized spacial score (nSPS) is 29.7. The van der Waals surface area contributed by atoms with Crippen molar-refractivity contribution < 1.29 is 22.3 Å². The Bertz CT molecular complexity index is 607. The number of alkyl halides is 3. The van der Waals surface area contributed by atoms with Crippen molar-refractivity contribution in [2.45, 2.75) is 75.1 Å². The number of halogens is 5. The third kappa shape index (κ3) is 5.06. The lowest BCUT2D eigenvalue weighted by atomic mass is 9.69. The van der Waals surface area contributed by atoms with E-state index < -0.39 is 22.0 Å². The van der Waals surface area contributed by atoms with Gasteiger partial charge in [0.1, 0.15) is 17.2 Å². The van der Waals surface area contributed by atoms with E-state index in [0.717, 1.165) is 57.3 Å². The van der Waals surface area contributed by atoms with Crippen molar-refractivity contribution >= 4 is 15.9 Å². The topological polar surface area (TPSA) is 9.23 Å². The molecule has 0 spiro atoms. The maximum Gasteiger partial charge on any atom is 0.332 e. The Balaban J connectivity index is 1.58. The molecule has 0 unspecified atom stereocenters. The Labute approximate surface area is 167 Å². The Kier molecular flexibility index (Phi) is 6.88. The third-order valence-corrected chi connectivity index (χ3v) is 6.78. The van der Waals surface area contributed by atoms with E-state index in [9.17, 15) is 17.6 Å². The molecule has 0 heterocycles. The minimum Gasteiger partial charge on any atom is -0.379 e. The molecule has 0 bridgehead atoms. The summed E-state index contributed by atoms with van der Waals surface area (Å²) in [5, 5.41) is 0. The van der Waals surface area contributed by atoms with Gasteiger partial charge in [0, 0.05) is 6.61 Å². The number of rotatable bonds is 5. The quantitative estimate of drug-likeness (QED) is 0.338. The number of hydrogen-bond donors (Lipinski definition) is 0. The SMILES string of the molecule is CCOC1CCC(C2CCC(c3cc(F)c(C(F)(F)Br)c(F)c3)CC2)CC1. The van der Waals surface area contributed by atoms with Gasteiger partial charge in [-0.3, -0.25) is 0 Å². The Morgan fingerprint density at radius 1 is 0.926 bits per heavy atom. The molecular formula is C21H27BrF4O. The van der Waals surface area contributed by atoms with Crippen molar-refractivity contribution in [3.8, 4) is 0 Å². The second-order valence-corrected chi connectivity index (χ2v) is 8.96. The molecule has 2 fully saturated rings. The van der Waals surface area contributed by atoms with Gasteiger partial charge >= 0.3 is 4.83 Å². The zero-order chi connectivity index (χ0) is 19.6. The van der Waals surface area contributed by atoms with Gasteiger partial charge in [0.25, 0.3) is 0 Å². The first-order valence-corrected chi connectivity index (χ1v) is 10.8. The van der Waals surface area contributed by atoms with Crippen LogP contribution in [0.1, 0.15) is 75.3 Å². The lowest BCUT2D eigenvalue weighted by Crippen LogP contribution is -2.28. The summed E-state index contributed by atoms with van der Waals surface area (Å²) in [5.41, 5.74) is -0.699. The van der Waals surface area contributed by atoms with Crippen LogP contribution in [0.2, 0.25) is 0 Å². The molecular weight excluding hydrogens is 424 g/mol. The molecule has 152 valence electrons. The highest BCUT2D eigenvalue weighted by Gasteiger charge is 2.36. The van der Waals surface area contributed by atoms with E-state index in [1.54, 1.807) is 0 Å². The van der Waals surface area contributed by atoms with Crippen LogP contribution in [0, 0.1) is 23.5 Å². The molecule has 0 aliphatic heterocycles. The van der Waals surface area contributed by atoms with Gasteiger partial charge in [-0.25, -0.2) is 8.78 Å². The van der Waals surface area contributed by atoms with E-state index in [0.29, 0.717) is 23.5 Å². The summed E-state index contributed by atoms with van der Waals surface area (Å²) < 4.78 is 60.5. The van der Waals surface area contributed by atoms with Gasteiger partial charge in [0.2, 0.25) is 0 Å². The van der Waals surface area contributed by atoms with Crippen LogP contribution in [0.3, 0.4) is 0 Å². The van der Waals surface area contributed by atoms with Crippen LogP contribution in [-0.2, 0) is 9.57 Å². The van der Waals surface area contributed by atoms with Crippen molar-refractivity contribution in [3.63, 3.8) is 0 Å². The second-order valence-electron chi connectivity index (χ2n) is 7.96. The predicted molar refractivity (Wildman–Crippen MR) is 101 cm³/mol. The second kappa shape index (κ2) is 8.81. The molecule has 0 radical (unpaired) electrons. The van der Waals surface area contributed by atoms with Crippen LogP contribution >= 0.6 is 15.9 Å². The Hall–Kier alpha value is -0.620. The summed E-state index contributed by atoms with van der Waals surface area (Å²) >= 11 is 2.05. The van der Waals surface area contributed by atoms with Gasteiger partial charge in [-0.1, -0.05) is 0 Å². The highest BCUT2D eigenvalue weighted by Crippen LogP contribution is 2.45. The van der Waals surface area contributed by atoms with E-state index >= 15 is 0 Å². The average molecular weight is 451 g/mol. The molecule has 0 atom stereocenters. The summed E-state index contributed by atoms with van der Waals surface area (Å²) in [5.74, 6) is -0.940. The van der Waals surface area contributed by atoms with Crippen LogP contribution in [0.25, 0.3) is 0 Å². The first-order valence-electron chi connectivity index (χ1n) is 9.97. The number of hydrogen-bond acceptors (Lipinski definition) is 1. The Morgan fingerprint density at radius 3 is 1.85 bits per heavy atom. The maximum atomic E-state index is 14.1. The predicted octanol–water partition coefficient (Wildman–Crippen LogP) is 7.28. The van der Waals surface area contributed by atoms with Gasteiger partial charge < -0.3 is 4.74 Å². The summed E-state index contributed by atoms with van der Waals surface area (Å²) in [6.07, 6.45) is 8.82. The summed E-state index contributed by atoms with van der Waals surface area (Å²) in [4.78, 5) is -3.70. The first-order chi connectivity index (χ1) is 12.8. The van der Waals surface area contributed by atoms with Gasteiger partial charge in [-0.15, -0.1) is 0 Å². The summed E-state index contributed by atoms with van der Waals surface area (Å²) in [6, 6.07) is 2.18. The van der Waals surface area contributed by atoms with E-state index in [-0.39, 0.29) is 5.92 Å². The molecule has 0 saturated heterocycles. The monoisotopic (exact) mass is 450 g/mol. The van der Waals surface area contributed by atoms with Crippen LogP contribution in [0.5, 0.6) is 0 Å². The first kappa shape index (κ1) is 21.1. The molecule has 27 heavy (non-hydrogen) atoms. The molecule has 3 rings (SSSR count). The van der Waals surface area contributed by atoms with E-state index in [2.05, 4.69) is 15.9 Å². The number of benzene rings is 1. The van der Waals surface area contributed by atoms with Crippen LogP contribution < -0.4 is 0 Å². The maximum absolute atomic E-state index is 14.1. The fourth-order valence-corrected chi connectivity index (χ4v) is 5.36. The zero-order valence-corrected chi connectivity index (χ0v) is 17.2. The molecule has 0 amide bonds. The third-order valence-electron chi connectivity index (χ3n) is 6.38.